The maximum Gasteiger partial charge on any atom is 0.246 e. The Morgan fingerprint density at radius 3 is 2.52 bits per heavy atom. The molecule has 0 saturated carbocycles. The Labute approximate surface area is 162 Å². The van der Waals surface area contributed by atoms with E-state index >= 15 is 0 Å². The van der Waals surface area contributed by atoms with Gasteiger partial charge < -0.3 is 9.47 Å². The Hall–Kier alpha value is -3.11. The van der Waals surface area contributed by atoms with Crippen molar-refractivity contribution in [2.45, 2.75) is 6.54 Å². The zero-order chi connectivity index (χ0) is 18.8. The van der Waals surface area contributed by atoms with E-state index in [1.165, 1.54) is 0 Å². The summed E-state index contributed by atoms with van der Waals surface area (Å²) in [5.74, 6) is 0.709. The molecule has 4 rings (SSSR count). The topological polar surface area (TPSA) is 38.1 Å². The number of aromatic nitrogens is 2. The fourth-order valence-electron chi connectivity index (χ4n) is 3.12. The third kappa shape index (κ3) is 3.44. The molecule has 0 aliphatic carbocycles. The molecule has 5 heteroatoms. The van der Waals surface area contributed by atoms with Crippen LogP contribution in [0.1, 0.15) is 0 Å². The lowest BCUT2D eigenvalue weighted by atomic mass is 10.2. The minimum atomic E-state index is -0.0207. The molecule has 0 saturated heterocycles. The largest absolute Gasteiger partial charge is 0.314 e. The minimum absolute atomic E-state index is 0.0207. The second-order valence-corrected chi connectivity index (χ2v) is 6.75. The van der Waals surface area contributed by atoms with Gasteiger partial charge in [0.1, 0.15) is 12.4 Å². The van der Waals surface area contributed by atoms with Crippen molar-refractivity contribution in [3.05, 3.63) is 83.9 Å². The Morgan fingerprint density at radius 2 is 1.74 bits per heavy atom. The van der Waals surface area contributed by atoms with E-state index in [2.05, 4.69) is 0 Å². The first-order valence-corrected chi connectivity index (χ1v) is 9.04. The average Bonchev–Trinajstić information content (AvgIpc) is 3.06. The van der Waals surface area contributed by atoms with E-state index < -0.39 is 0 Å². The number of carbonyl (C=O) groups is 1. The van der Waals surface area contributed by atoms with Gasteiger partial charge in [0.25, 0.3) is 0 Å². The van der Waals surface area contributed by atoms with Crippen LogP contribution >= 0.6 is 11.6 Å². The maximum absolute atomic E-state index is 13.0. The smallest absolute Gasteiger partial charge is 0.246 e. The molecule has 0 bridgehead atoms. The van der Waals surface area contributed by atoms with Gasteiger partial charge in [-0.2, -0.15) is 0 Å². The third-order valence-electron chi connectivity index (χ3n) is 4.55. The van der Waals surface area contributed by atoms with Gasteiger partial charge in [-0.05, 0) is 36.4 Å². The molecule has 0 N–H and O–H groups in total. The predicted octanol–water partition coefficient (Wildman–Crippen LogP) is 5.02. The van der Waals surface area contributed by atoms with Gasteiger partial charge in [0.05, 0.1) is 11.0 Å². The molecule has 3 aromatic carbocycles. The second kappa shape index (κ2) is 7.25. The van der Waals surface area contributed by atoms with Gasteiger partial charge in [-0.15, -0.1) is 0 Å². The number of amides is 1. The number of nitrogens with zero attached hydrogens (tertiary/aromatic N) is 3. The molecule has 1 heterocycles. The van der Waals surface area contributed by atoms with Crippen molar-refractivity contribution in [2.24, 2.45) is 0 Å². The molecule has 4 aromatic rings. The number of hydrogen-bond acceptors (Lipinski definition) is 2. The summed E-state index contributed by atoms with van der Waals surface area (Å²) < 4.78 is 1.95. The van der Waals surface area contributed by atoms with Gasteiger partial charge in [0, 0.05) is 23.3 Å². The van der Waals surface area contributed by atoms with Crippen LogP contribution in [-0.2, 0) is 11.3 Å². The lowest BCUT2D eigenvalue weighted by molar-refractivity contribution is -0.118. The zero-order valence-corrected chi connectivity index (χ0v) is 15.6. The van der Waals surface area contributed by atoms with Crippen molar-refractivity contribution in [1.82, 2.24) is 9.55 Å². The Bertz CT molecular complexity index is 1100. The van der Waals surface area contributed by atoms with Gasteiger partial charge in [-0.1, -0.05) is 54.1 Å². The van der Waals surface area contributed by atoms with Crippen LogP contribution in [0.25, 0.3) is 22.4 Å². The molecular weight excluding hydrogens is 358 g/mol. The van der Waals surface area contributed by atoms with Crippen LogP contribution in [-0.4, -0.2) is 22.5 Å². The summed E-state index contributed by atoms with van der Waals surface area (Å²) in [6.07, 6.45) is 0. The van der Waals surface area contributed by atoms with E-state index in [4.69, 9.17) is 16.6 Å². The molecule has 0 aliphatic rings. The van der Waals surface area contributed by atoms with Crippen molar-refractivity contribution in [1.29, 1.82) is 0 Å². The highest BCUT2D eigenvalue weighted by Gasteiger charge is 2.18. The number of fused-ring (bicyclic) bond motifs is 1. The molecule has 134 valence electrons. The molecule has 0 unspecified atom stereocenters. The molecule has 4 nitrogen and oxygen atoms in total. The van der Waals surface area contributed by atoms with Crippen LogP contribution < -0.4 is 4.90 Å². The number of carbonyl (C=O) groups excluding carboxylic acids is 1. The SMILES string of the molecule is CN(C(=O)Cn1c(-c2cccc(Cl)c2)nc2ccccc21)c1ccccc1. The fourth-order valence-corrected chi connectivity index (χ4v) is 3.31. The number of halogens is 1. The molecule has 0 atom stereocenters. The summed E-state index contributed by atoms with van der Waals surface area (Å²) in [5.41, 5.74) is 3.51. The summed E-state index contributed by atoms with van der Waals surface area (Å²) >= 11 is 6.17. The Morgan fingerprint density at radius 1 is 1.00 bits per heavy atom. The number of benzene rings is 3. The van der Waals surface area contributed by atoms with E-state index in [9.17, 15) is 4.79 Å². The number of hydrogen-bond donors (Lipinski definition) is 0. The highest BCUT2D eigenvalue weighted by Crippen LogP contribution is 2.27. The van der Waals surface area contributed by atoms with E-state index in [1.54, 1.807) is 11.9 Å². The van der Waals surface area contributed by atoms with E-state index in [0.29, 0.717) is 5.02 Å². The Kier molecular flexibility index (Phi) is 4.65. The van der Waals surface area contributed by atoms with Crippen LogP contribution in [0.4, 0.5) is 5.69 Å². The summed E-state index contributed by atoms with van der Waals surface area (Å²) in [4.78, 5) is 19.4. The molecule has 0 aliphatic heterocycles. The zero-order valence-electron chi connectivity index (χ0n) is 14.8. The predicted molar refractivity (Wildman–Crippen MR) is 110 cm³/mol. The van der Waals surface area contributed by atoms with Crippen LogP contribution in [0.15, 0.2) is 78.9 Å². The monoisotopic (exact) mass is 375 g/mol. The van der Waals surface area contributed by atoms with Crippen LogP contribution in [0, 0.1) is 0 Å². The van der Waals surface area contributed by atoms with Gasteiger partial charge in [-0.3, -0.25) is 4.79 Å². The van der Waals surface area contributed by atoms with E-state index in [-0.39, 0.29) is 12.5 Å². The maximum atomic E-state index is 13.0. The first kappa shape index (κ1) is 17.3. The minimum Gasteiger partial charge on any atom is -0.314 e. The standard InChI is InChI=1S/C22H18ClN3O/c1-25(18-10-3-2-4-11-18)21(27)15-26-20-13-6-5-12-19(20)24-22(26)16-8-7-9-17(23)14-16/h2-14H,15H2,1H3. The van der Waals surface area contributed by atoms with Crippen LogP contribution in [0.3, 0.4) is 0 Å². The average molecular weight is 376 g/mol. The second-order valence-electron chi connectivity index (χ2n) is 6.31. The number of rotatable bonds is 4. The van der Waals surface area contributed by atoms with Gasteiger partial charge in [-0.25, -0.2) is 4.98 Å². The third-order valence-corrected chi connectivity index (χ3v) is 4.78. The molecule has 0 spiro atoms. The Balaban J connectivity index is 1.76. The normalized spacial score (nSPS) is 10.9. The molecule has 0 radical (unpaired) electrons. The molecule has 1 amide bonds. The molecule has 27 heavy (non-hydrogen) atoms. The van der Waals surface area contributed by atoms with Gasteiger partial charge in [0.2, 0.25) is 5.91 Å². The van der Waals surface area contributed by atoms with E-state index in [0.717, 1.165) is 28.1 Å². The van der Waals surface area contributed by atoms with Crippen molar-refractivity contribution in [3.8, 4) is 11.4 Å². The van der Waals surface area contributed by atoms with Gasteiger partial charge >= 0.3 is 0 Å². The van der Waals surface area contributed by atoms with Crippen molar-refractivity contribution >= 4 is 34.2 Å². The number of para-hydroxylation sites is 3. The number of anilines is 1. The summed E-state index contributed by atoms with van der Waals surface area (Å²) in [6, 6.07) is 25.0. The van der Waals surface area contributed by atoms with Crippen molar-refractivity contribution in [2.75, 3.05) is 11.9 Å². The molecule has 0 fully saturated rings. The van der Waals surface area contributed by atoms with Crippen molar-refractivity contribution < 1.29 is 4.79 Å². The molecule has 1 aromatic heterocycles. The van der Waals surface area contributed by atoms with Crippen molar-refractivity contribution in [3.63, 3.8) is 0 Å². The highest BCUT2D eigenvalue weighted by atomic mass is 35.5. The first-order chi connectivity index (χ1) is 13.1. The highest BCUT2D eigenvalue weighted by molar-refractivity contribution is 6.30. The lowest BCUT2D eigenvalue weighted by Crippen LogP contribution is -2.30. The lowest BCUT2D eigenvalue weighted by Gasteiger charge is -2.18. The number of likely N-dealkylation sites (N-methyl/N-ethyl adjacent to an activating group) is 1. The summed E-state index contributed by atoms with van der Waals surface area (Å²) in [5, 5.41) is 0.638. The summed E-state index contributed by atoms with van der Waals surface area (Å²) in [6.45, 7) is 0.188. The van der Waals surface area contributed by atoms with Crippen LogP contribution in [0.2, 0.25) is 5.02 Å². The quantitative estimate of drug-likeness (QED) is 0.502. The summed E-state index contributed by atoms with van der Waals surface area (Å²) in [7, 11) is 1.79. The van der Waals surface area contributed by atoms with E-state index in [1.807, 2.05) is 83.4 Å². The molecular formula is C22H18ClN3O. The van der Waals surface area contributed by atoms with Gasteiger partial charge in [0.15, 0.2) is 0 Å². The first-order valence-electron chi connectivity index (χ1n) is 8.66. The fraction of sp³-hybridized carbons (Fsp3) is 0.0909. The number of imidazole rings is 1. The van der Waals surface area contributed by atoms with Crippen LogP contribution in [0.5, 0.6) is 0 Å².